The molecular weight excluding hydrogens is 572 g/mol. The van der Waals surface area contributed by atoms with Gasteiger partial charge in [-0.05, 0) is 35.1 Å². The Labute approximate surface area is 242 Å². The lowest BCUT2D eigenvalue weighted by Gasteiger charge is -2.16. The Hall–Kier alpha value is -4.24. The standard InChI is InChI=1S/C31H30N4O4.BrH/c1-3-4-14-27-26(29(36)35(30(32-27)38-2)20-22-10-6-5-7-11-22)19-21-15-17-23(18-16-21)24-12-8-9-13-25(24)28-33-31(37)39-34-28;/h5-13,15-18H,3-4,14,19-20H2,1-2H3,(H,33,34,37);1H. The quantitative estimate of drug-likeness (QED) is 0.216. The molecule has 0 aliphatic carbocycles. The minimum absolute atomic E-state index is 0. The van der Waals surface area contributed by atoms with Crippen LogP contribution in [0.25, 0.3) is 22.5 Å². The van der Waals surface area contributed by atoms with Gasteiger partial charge in [-0.3, -0.25) is 18.9 Å². The zero-order valence-electron chi connectivity index (χ0n) is 22.4. The largest absolute Gasteiger partial charge is 0.468 e. The van der Waals surface area contributed by atoms with Gasteiger partial charge in [0, 0.05) is 17.5 Å². The van der Waals surface area contributed by atoms with E-state index in [1.165, 1.54) is 0 Å². The van der Waals surface area contributed by atoms with Crippen molar-refractivity contribution in [2.75, 3.05) is 7.11 Å². The zero-order valence-corrected chi connectivity index (χ0v) is 24.1. The minimum Gasteiger partial charge on any atom is -0.468 e. The summed E-state index contributed by atoms with van der Waals surface area (Å²) < 4.78 is 11.9. The Bertz CT molecular complexity index is 1670. The van der Waals surface area contributed by atoms with Crippen LogP contribution in [0.4, 0.5) is 0 Å². The van der Waals surface area contributed by atoms with Gasteiger partial charge >= 0.3 is 5.76 Å². The number of H-pyrrole nitrogens is 1. The number of nitrogens with one attached hydrogen (secondary N) is 1. The normalized spacial score (nSPS) is 10.8. The Balaban J connectivity index is 0.00000370. The molecule has 0 atom stereocenters. The van der Waals surface area contributed by atoms with Gasteiger partial charge in [0.15, 0.2) is 5.82 Å². The van der Waals surface area contributed by atoms with Gasteiger partial charge in [0.2, 0.25) is 0 Å². The third-order valence-corrected chi connectivity index (χ3v) is 6.71. The maximum Gasteiger partial charge on any atom is 0.439 e. The van der Waals surface area contributed by atoms with Crippen molar-refractivity contribution in [2.24, 2.45) is 0 Å². The Morgan fingerprint density at radius 3 is 2.25 bits per heavy atom. The summed E-state index contributed by atoms with van der Waals surface area (Å²) in [4.78, 5) is 32.7. The van der Waals surface area contributed by atoms with E-state index in [4.69, 9.17) is 14.2 Å². The molecule has 0 spiro atoms. The van der Waals surface area contributed by atoms with Crippen LogP contribution in [0.2, 0.25) is 0 Å². The summed E-state index contributed by atoms with van der Waals surface area (Å²) in [6.45, 7) is 2.51. The maximum atomic E-state index is 13.8. The van der Waals surface area contributed by atoms with Gasteiger partial charge in [-0.25, -0.2) is 9.78 Å². The predicted octanol–water partition coefficient (Wildman–Crippen LogP) is 5.82. The summed E-state index contributed by atoms with van der Waals surface area (Å²) in [5.74, 6) is -0.219. The highest BCUT2D eigenvalue weighted by molar-refractivity contribution is 8.93. The van der Waals surface area contributed by atoms with Crippen molar-refractivity contribution in [3.05, 3.63) is 122 Å². The number of aromatic amines is 1. The number of benzene rings is 3. The fourth-order valence-corrected chi connectivity index (χ4v) is 4.70. The lowest BCUT2D eigenvalue weighted by Crippen LogP contribution is -2.29. The number of hydrogen-bond acceptors (Lipinski definition) is 6. The van der Waals surface area contributed by atoms with Crippen LogP contribution < -0.4 is 16.1 Å². The first kappa shape index (κ1) is 28.8. The first-order valence-electron chi connectivity index (χ1n) is 13.0. The first-order chi connectivity index (χ1) is 19.1. The number of methoxy groups -OCH3 is 1. The molecule has 8 nitrogen and oxygen atoms in total. The van der Waals surface area contributed by atoms with Gasteiger partial charge in [-0.15, -0.1) is 17.0 Å². The SMILES string of the molecule is Br.CCCCc1nc(OC)n(Cc2ccccc2)c(=O)c1Cc1ccc(-c2ccccc2-c2noc(=O)[nH]2)cc1. The molecule has 0 aliphatic rings. The van der Waals surface area contributed by atoms with E-state index in [0.717, 1.165) is 46.4 Å². The van der Waals surface area contributed by atoms with E-state index in [0.29, 0.717) is 36.8 Å². The number of halogens is 1. The van der Waals surface area contributed by atoms with Gasteiger partial charge in [0.1, 0.15) is 0 Å². The van der Waals surface area contributed by atoms with Gasteiger partial charge in [-0.1, -0.05) is 97.4 Å². The van der Waals surface area contributed by atoms with Crippen LogP contribution in [0.15, 0.2) is 93.0 Å². The summed E-state index contributed by atoms with van der Waals surface area (Å²) in [6, 6.07) is 25.9. The fourth-order valence-electron chi connectivity index (χ4n) is 4.70. The lowest BCUT2D eigenvalue weighted by atomic mass is 9.96. The summed E-state index contributed by atoms with van der Waals surface area (Å²) in [5, 5.41) is 3.84. The van der Waals surface area contributed by atoms with Crippen molar-refractivity contribution in [3.8, 4) is 28.5 Å². The topological polar surface area (TPSA) is 103 Å². The Morgan fingerprint density at radius 2 is 1.60 bits per heavy atom. The average molecular weight is 604 g/mol. The van der Waals surface area contributed by atoms with E-state index in [-0.39, 0.29) is 22.5 Å². The number of nitrogens with zero attached hydrogens (tertiary/aromatic N) is 3. The van der Waals surface area contributed by atoms with Crippen LogP contribution in [-0.2, 0) is 19.4 Å². The molecule has 9 heteroatoms. The van der Waals surface area contributed by atoms with Gasteiger partial charge in [0.25, 0.3) is 11.6 Å². The van der Waals surface area contributed by atoms with Crippen molar-refractivity contribution < 1.29 is 9.26 Å². The Morgan fingerprint density at radius 1 is 0.900 bits per heavy atom. The molecule has 3 aromatic carbocycles. The summed E-state index contributed by atoms with van der Waals surface area (Å²) in [7, 11) is 1.55. The average Bonchev–Trinajstić information content (AvgIpc) is 3.41. The van der Waals surface area contributed by atoms with Crippen molar-refractivity contribution in [2.45, 2.75) is 39.2 Å². The highest BCUT2D eigenvalue weighted by atomic mass is 79.9. The van der Waals surface area contributed by atoms with Crippen LogP contribution in [0.1, 0.15) is 42.1 Å². The van der Waals surface area contributed by atoms with Gasteiger partial charge in [0.05, 0.1) is 19.3 Å². The highest BCUT2D eigenvalue weighted by Crippen LogP contribution is 2.30. The van der Waals surface area contributed by atoms with Crippen molar-refractivity contribution in [3.63, 3.8) is 0 Å². The molecule has 5 rings (SSSR count). The second-order valence-corrected chi connectivity index (χ2v) is 9.37. The Kier molecular flexibility index (Phi) is 9.50. The third-order valence-electron chi connectivity index (χ3n) is 6.71. The van der Waals surface area contributed by atoms with E-state index in [2.05, 4.69) is 17.1 Å². The van der Waals surface area contributed by atoms with E-state index in [1.807, 2.05) is 78.9 Å². The molecule has 5 aromatic rings. The van der Waals surface area contributed by atoms with Crippen LogP contribution in [0, 0.1) is 0 Å². The second kappa shape index (κ2) is 13.2. The number of aryl methyl sites for hydroxylation is 1. The van der Waals surface area contributed by atoms with Crippen molar-refractivity contribution in [1.82, 2.24) is 19.7 Å². The molecule has 2 aromatic heterocycles. The molecule has 0 saturated heterocycles. The molecule has 1 N–H and O–H groups in total. The summed E-state index contributed by atoms with van der Waals surface area (Å²) in [6.07, 6.45) is 3.11. The highest BCUT2D eigenvalue weighted by Gasteiger charge is 2.18. The molecule has 0 amide bonds. The van der Waals surface area contributed by atoms with E-state index in [9.17, 15) is 9.59 Å². The molecule has 0 unspecified atom stereocenters. The van der Waals surface area contributed by atoms with Crippen LogP contribution >= 0.6 is 17.0 Å². The second-order valence-electron chi connectivity index (χ2n) is 9.37. The molecule has 2 heterocycles. The van der Waals surface area contributed by atoms with Gasteiger partial charge < -0.3 is 4.74 Å². The molecule has 0 aliphatic heterocycles. The molecule has 40 heavy (non-hydrogen) atoms. The summed E-state index contributed by atoms with van der Waals surface area (Å²) >= 11 is 0. The van der Waals surface area contributed by atoms with Crippen LogP contribution in [0.3, 0.4) is 0 Å². The van der Waals surface area contributed by atoms with E-state index >= 15 is 0 Å². The smallest absolute Gasteiger partial charge is 0.439 e. The van der Waals surface area contributed by atoms with Crippen LogP contribution in [0.5, 0.6) is 6.01 Å². The number of rotatable bonds is 10. The van der Waals surface area contributed by atoms with Crippen molar-refractivity contribution >= 4 is 17.0 Å². The monoisotopic (exact) mass is 602 g/mol. The molecule has 0 bridgehead atoms. The predicted molar refractivity (Wildman–Crippen MR) is 160 cm³/mol. The maximum absolute atomic E-state index is 13.8. The molecule has 0 radical (unpaired) electrons. The van der Waals surface area contributed by atoms with E-state index < -0.39 is 5.76 Å². The molecule has 206 valence electrons. The number of unbranched alkanes of at least 4 members (excludes halogenated alkanes) is 1. The third kappa shape index (κ3) is 6.31. The minimum atomic E-state index is -0.597. The van der Waals surface area contributed by atoms with Crippen molar-refractivity contribution in [1.29, 1.82) is 0 Å². The first-order valence-corrected chi connectivity index (χ1v) is 13.0. The number of ether oxygens (including phenoxy) is 1. The number of aromatic nitrogens is 4. The van der Waals surface area contributed by atoms with Crippen LogP contribution in [-0.4, -0.2) is 26.8 Å². The molecule has 0 fully saturated rings. The molecular formula is C31H31BrN4O4. The van der Waals surface area contributed by atoms with Gasteiger partial charge in [-0.2, -0.15) is 0 Å². The zero-order chi connectivity index (χ0) is 27.2. The summed E-state index contributed by atoms with van der Waals surface area (Å²) in [5.41, 5.74) is 6.03. The molecule has 0 saturated carbocycles. The fraction of sp³-hybridized carbons (Fsp3) is 0.226. The van der Waals surface area contributed by atoms with E-state index in [1.54, 1.807) is 11.7 Å². The lowest BCUT2D eigenvalue weighted by molar-refractivity contribution is 0.348. The number of hydrogen-bond donors (Lipinski definition) is 1.